The Kier molecular flexibility index (Phi) is 2.49. The first-order valence-corrected chi connectivity index (χ1v) is 1.51. The SMILES string of the molecule is CN[B]C(=O)O. The molecule has 6 heavy (non-hydrogen) atoms. The van der Waals surface area contributed by atoms with Crippen LogP contribution in [0.5, 0.6) is 0 Å². The Labute approximate surface area is 36.6 Å². The highest BCUT2D eigenvalue weighted by atomic mass is 16.4. The van der Waals surface area contributed by atoms with E-state index in [9.17, 15) is 4.79 Å². The first-order valence-electron chi connectivity index (χ1n) is 1.51. The third-order valence-corrected chi connectivity index (χ3v) is 0.268. The zero-order valence-corrected chi connectivity index (χ0v) is 3.43. The summed E-state index contributed by atoms with van der Waals surface area (Å²) in [7, 11) is 2.49. The van der Waals surface area contributed by atoms with Crippen LogP contribution in [0.1, 0.15) is 0 Å². The molecule has 0 aromatic carbocycles. The van der Waals surface area contributed by atoms with Gasteiger partial charge in [0.25, 0.3) is 5.87 Å². The van der Waals surface area contributed by atoms with Gasteiger partial charge in [0.05, 0.1) is 0 Å². The number of hydrogen-bond acceptors (Lipinski definition) is 2. The molecule has 0 spiro atoms. The molecule has 0 unspecified atom stereocenters. The second-order valence-corrected chi connectivity index (χ2v) is 0.771. The van der Waals surface area contributed by atoms with Crippen molar-refractivity contribution in [2.75, 3.05) is 7.05 Å². The van der Waals surface area contributed by atoms with Crippen LogP contribution in [0.15, 0.2) is 0 Å². The molecule has 0 fully saturated rings. The lowest BCUT2D eigenvalue weighted by Gasteiger charge is -1.80. The Balaban J connectivity index is 2.83. The summed E-state index contributed by atoms with van der Waals surface area (Å²) < 4.78 is 0. The fourth-order valence-corrected chi connectivity index (χ4v) is 0.123. The molecule has 0 aliphatic rings. The summed E-state index contributed by atoms with van der Waals surface area (Å²) in [4.78, 5) is 9.48. The van der Waals surface area contributed by atoms with Gasteiger partial charge in [-0.3, -0.25) is 4.79 Å². The maximum Gasteiger partial charge on any atom is 0.354 e. The minimum absolute atomic E-state index is 0.947. The van der Waals surface area contributed by atoms with Crippen molar-refractivity contribution in [2.45, 2.75) is 0 Å². The Morgan fingerprint density at radius 3 is 2.50 bits per heavy atom. The van der Waals surface area contributed by atoms with Crippen molar-refractivity contribution >= 4 is 13.3 Å². The number of carbonyl (C=O) groups is 1. The summed E-state index contributed by atoms with van der Waals surface area (Å²) in [6, 6.07) is 0. The van der Waals surface area contributed by atoms with Crippen molar-refractivity contribution < 1.29 is 9.90 Å². The first-order chi connectivity index (χ1) is 2.77. The van der Waals surface area contributed by atoms with Crippen LogP contribution in [0.3, 0.4) is 0 Å². The normalized spacial score (nSPS) is 7.50. The molecule has 1 radical (unpaired) electrons. The van der Waals surface area contributed by atoms with Crippen LogP contribution in [0.25, 0.3) is 0 Å². The van der Waals surface area contributed by atoms with E-state index in [1.165, 1.54) is 7.05 Å². The van der Waals surface area contributed by atoms with E-state index in [1.807, 2.05) is 0 Å². The molecule has 0 rings (SSSR count). The summed E-state index contributed by atoms with van der Waals surface area (Å²) in [5, 5.41) is 10.1. The smallest absolute Gasteiger partial charge is 0.354 e. The van der Waals surface area contributed by atoms with Crippen molar-refractivity contribution in [2.24, 2.45) is 0 Å². The summed E-state index contributed by atoms with van der Waals surface area (Å²) >= 11 is 0. The molecule has 0 amide bonds. The van der Waals surface area contributed by atoms with E-state index in [4.69, 9.17) is 5.11 Å². The minimum atomic E-state index is -0.947. The van der Waals surface area contributed by atoms with Crippen molar-refractivity contribution in [3.63, 3.8) is 0 Å². The highest BCUT2D eigenvalue weighted by molar-refractivity contribution is 6.69. The van der Waals surface area contributed by atoms with E-state index in [-0.39, 0.29) is 0 Å². The zero-order chi connectivity index (χ0) is 4.99. The predicted octanol–water partition coefficient (Wildman–Crippen LogP) is -0.497. The fraction of sp³-hybridized carbons (Fsp3) is 0.500. The van der Waals surface area contributed by atoms with Gasteiger partial charge in [-0.25, -0.2) is 0 Å². The molecule has 0 atom stereocenters. The molecular formula is C2H5BNO2. The molecule has 4 heteroatoms. The van der Waals surface area contributed by atoms with Gasteiger partial charge in [0.15, 0.2) is 0 Å². The summed E-state index contributed by atoms with van der Waals surface area (Å²) in [6.07, 6.45) is 0. The quantitative estimate of drug-likeness (QED) is 0.445. The highest BCUT2D eigenvalue weighted by Gasteiger charge is 1.92. The van der Waals surface area contributed by atoms with E-state index in [0.717, 1.165) is 7.41 Å². The van der Waals surface area contributed by atoms with Crippen LogP contribution in [0, 0.1) is 0 Å². The van der Waals surface area contributed by atoms with E-state index in [1.54, 1.807) is 0 Å². The Morgan fingerprint density at radius 1 is 2.00 bits per heavy atom. The third-order valence-electron chi connectivity index (χ3n) is 0.268. The van der Waals surface area contributed by atoms with Crippen LogP contribution in [0.2, 0.25) is 0 Å². The van der Waals surface area contributed by atoms with Crippen molar-refractivity contribution in [3.8, 4) is 0 Å². The minimum Gasteiger partial charge on any atom is -0.488 e. The average molecular weight is 85.9 g/mol. The Bertz CT molecular complexity index is 55.5. The van der Waals surface area contributed by atoms with Crippen LogP contribution in [0.4, 0.5) is 4.79 Å². The van der Waals surface area contributed by atoms with Gasteiger partial charge in [0.1, 0.15) is 0 Å². The van der Waals surface area contributed by atoms with Gasteiger partial charge >= 0.3 is 7.41 Å². The molecule has 0 bridgehead atoms. The molecular weight excluding hydrogens is 80.8 g/mol. The van der Waals surface area contributed by atoms with Gasteiger partial charge < -0.3 is 10.3 Å². The van der Waals surface area contributed by atoms with Crippen LogP contribution in [-0.2, 0) is 0 Å². The van der Waals surface area contributed by atoms with E-state index in [0.29, 0.717) is 0 Å². The molecule has 3 nitrogen and oxygen atoms in total. The van der Waals surface area contributed by atoms with Gasteiger partial charge in [0, 0.05) is 0 Å². The van der Waals surface area contributed by atoms with E-state index in [2.05, 4.69) is 5.23 Å². The van der Waals surface area contributed by atoms with Gasteiger partial charge in [-0.2, -0.15) is 0 Å². The predicted molar refractivity (Wildman–Crippen MR) is 22.8 cm³/mol. The standard InChI is InChI=1S/C2H5BNO2/c1-4-3-2(5)6/h4H,1H3,(H,5,6). The summed E-state index contributed by atoms with van der Waals surface area (Å²) in [5.74, 6) is -0.947. The van der Waals surface area contributed by atoms with Gasteiger partial charge in [-0.1, -0.05) is 0 Å². The van der Waals surface area contributed by atoms with E-state index >= 15 is 0 Å². The number of rotatable bonds is 2. The van der Waals surface area contributed by atoms with Gasteiger partial charge in [-0.15, -0.1) is 0 Å². The summed E-state index contributed by atoms with van der Waals surface area (Å²) in [5.41, 5.74) is 0. The zero-order valence-electron chi connectivity index (χ0n) is 3.43. The van der Waals surface area contributed by atoms with Crippen molar-refractivity contribution in [1.82, 2.24) is 5.23 Å². The van der Waals surface area contributed by atoms with Crippen molar-refractivity contribution in [3.05, 3.63) is 0 Å². The molecule has 2 N–H and O–H groups in total. The first kappa shape index (κ1) is 5.49. The molecule has 0 saturated heterocycles. The molecule has 0 aromatic heterocycles. The maximum atomic E-state index is 9.48. The Morgan fingerprint density at radius 2 is 2.50 bits per heavy atom. The molecule has 0 aliphatic carbocycles. The number of nitrogens with one attached hydrogen (secondary N) is 1. The molecule has 33 valence electrons. The van der Waals surface area contributed by atoms with Crippen LogP contribution < -0.4 is 5.23 Å². The molecule has 0 aromatic rings. The largest absolute Gasteiger partial charge is 0.488 e. The lowest BCUT2D eigenvalue weighted by Crippen LogP contribution is -2.20. The topological polar surface area (TPSA) is 49.3 Å². The molecule has 0 saturated carbocycles. The average Bonchev–Trinajstić information content (AvgIpc) is 1.35. The van der Waals surface area contributed by atoms with Crippen molar-refractivity contribution in [1.29, 1.82) is 0 Å². The number of carboxylic acid groups (broad SMARTS) is 1. The van der Waals surface area contributed by atoms with E-state index < -0.39 is 5.87 Å². The second kappa shape index (κ2) is 2.72. The van der Waals surface area contributed by atoms with Gasteiger partial charge in [0.2, 0.25) is 0 Å². The van der Waals surface area contributed by atoms with Crippen LogP contribution >= 0.6 is 0 Å². The lowest BCUT2D eigenvalue weighted by atomic mass is 9.97. The second-order valence-electron chi connectivity index (χ2n) is 0.771. The molecule has 0 heterocycles. The lowest BCUT2D eigenvalue weighted by molar-refractivity contribution is 0.219. The Hall–Kier alpha value is -0.505. The number of hydrogen-bond donors (Lipinski definition) is 2. The van der Waals surface area contributed by atoms with Crippen LogP contribution in [-0.4, -0.2) is 25.4 Å². The third kappa shape index (κ3) is 3.49. The fourth-order valence-electron chi connectivity index (χ4n) is 0.123. The molecule has 0 aliphatic heterocycles. The summed E-state index contributed by atoms with van der Waals surface area (Å²) in [6.45, 7) is 0. The maximum absolute atomic E-state index is 9.48. The van der Waals surface area contributed by atoms with Gasteiger partial charge in [-0.05, 0) is 7.05 Å². The monoisotopic (exact) mass is 86.0 g/mol. The highest BCUT2D eigenvalue weighted by Crippen LogP contribution is 1.53.